The first-order chi connectivity index (χ1) is 14.4. The normalized spacial score (nSPS) is 12.0. The molecule has 0 radical (unpaired) electrons. The number of ether oxygens (including phenoxy) is 2. The number of hydrogen-bond acceptors (Lipinski definition) is 7. The van der Waals surface area contributed by atoms with Crippen molar-refractivity contribution in [1.82, 2.24) is 9.55 Å². The van der Waals surface area contributed by atoms with E-state index < -0.39 is 11.9 Å². The van der Waals surface area contributed by atoms with Gasteiger partial charge < -0.3 is 9.47 Å². The number of hydrogen-bond donors (Lipinski definition) is 0. The van der Waals surface area contributed by atoms with Crippen LogP contribution in [0.15, 0.2) is 41.5 Å². The van der Waals surface area contributed by atoms with Gasteiger partial charge in [-0.05, 0) is 31.4 Å². The second-order valence-electron chi connectivity index (χ2n) is 6.99. The Morgan fingerprint density at radius 2 is 1.97 bits per heavy atom. The van der Waals surface area contributed by atoms with Crippen molar-refractivity contribution < 1.29 is 19.1 Å². The number of thiophene rings is 1. The number of carbonyl (C=O) groups is 2. The Balaban J connectivity index is 1.71. The van der Waals surface area contributed by atoms with Crippen LogP contribution in [0, 0.1) is 6.92 Å². The lowest BCUT2D eigenvalue weighted by Gasteiger charge is -2.09. The monoisotopic (exact) mass is 428 g/mol. The van der Waals surface area contributed by atoms with Crippen LogP contribution < -0.4 is 5.56 Å². The number of nitrogens with zero attached hydrogens (tertiary/aromatic N) is 2. The molecule has 2 heterocycles. The third-order valence-corrected chi connectivity index (χ3v) is 5.96. The number of benzene rings is 1. The van der Waals surface area contributed by atoms with E-state index in [0.717, 1.165) is 16.9 Å². The number of esters is 2. The Labute approximate surface area is 178 Å². The first-order valence-electron chi connectivity index (χ1n) is 9.79. The van der Waals surface area contributed by atoms with Gasteiger partial charge in [0.25, 0.3) is 5.56 Å². The van der Waals surface area contributed by atoms with Crippen LogP contribution in [0.25, 0.3) is 10.2 Å². The number of aromatic nitrogens is 2. The van der Waals surface area contributed by atoms with Crippen LogP contribution in [0.1, 0.15) is 41.1 Å². The molecular weight excluding hydrogens is 404 g/mol. The summed E-state index contributed by atoms with van der Waals surface area (Å²) in [5, 5.41) is 0.329. The molecule has 1 atom stereocenters. The van der Waals surface area contributed by atoms with E-state index in [9.17, 15) is 14.4 Å². The van der Waals surface area contributed by atoms with E-state index in [1.54, 1.807) is 6.92 Å². The molecule has 1 aromatic carbocycles. The van der Waals surface area contributed by atoms with Crippen molar-refractivity contribution in [3.63, 3.8) is 0 Å². The summed E-state index contributed by atoms with van der Waals surface area (Å²) in [4.78, 5) is 42.5. The number of aryl methyl sites for hydroxylation is 1. The van der Waals surface area contributed by atoms with Crippen molar-refractivity contribution in [2.75, 3.05) is 6.61 Å². The van der Waals surface area contributed by atoms with Gasteiger partial charge in [0.05, 0.1) is 24.4 Å². The molecule has 0 saturated heterocycles. The van der Waals surface area contributed by atoms with Crippen molar-refractivity contribution >= 4 is 33.5 Å². The highest BCUT2D eigenvalue weighted by Gasteiger charge is 2.22. The zero-order valence-electron chi connectivity index (χ0n) is 17.2. The predicted octanol–water partition coefficient (Wildman–Crippen LogP) is 3.51. The molecule has 0 aliphatic heterocycles. The first kappa shape index (κ1) is 21.7. The molecule has 0 aliphatic carbocycles. The molecule has 8 heteroatoms. The summed E-state index contributed by atoms with van der Waals surface area (Å²) < 4.78 is 11.8. The van der Waals surface area contributed by atoms with E-state index in [-0.39, 0.29) is 24.8 Å². The molecule has 158 valence electrons. The number of carbonyl (C=O) groups excluding carboxylic acids is 2. The van der Waals surface area contributed by atoms with Gasteiger partial charge in [0.15, 0.2) is 0 Å². The molecule has 3 rings (SSSR count). The molecule has 0 fully saturated rings. The van der Waals surface area contributed by atoms with Gasteiger partial charge in [-0.25, -0.2) is 9.78 Å². The van der Waals surface area contributed by atoms with E-state index in [0.29, 0.717) is 33.5 Å². The van der Waals surface area contributed by atoms with Crippen LogP contribution >= 0.6 is 11.3 Å². The summed E-state index contributed by atoms with van der Waals surface area (Å²) in [5.41, 5.74) is 1.21. The SMILES string of the molecule is CCC(C)OC(=O)c1sc2ncn(CC(=O)OCCc3ccccc3)c(=O)c2c1C. The summed E-state index contributed by atoms with van der Waals surface area (Å²) >= 11 is 1.12. The summed E-state index contributed by atoms with van der Waals surface area (Å²) in [6.07, 6.45) is 2.40. The molecule has 0 N–H and O–H groups in total. The molecule has 0 spiro atoms. The van der Waals surface area contributed by atoms with Crippen LogP contribution in [0.5, 0.6) is 0 Å². The first-order valence-corrected chi connectivity index (χ1v) is 10.6. The van der Waals surface area contributed by atoms with Crippen molar-refractivity contribution in [1.29, 1.82) is 0 Å². The van der Waals surface area contributed by atoms with Crippen LogP contribution in [-0.2, 0) is 27.2 Å². The molecule has 0 bridgehead atoms. The highest BCUT2D eigenvalue weighted by Crippen LogP contribution is 2.27. The average Bonchev–Trinajstić information content (AvgIpc) is 3.08. The standard InChI is InChI=1S/C22H24N2O5S/c1-4-14(2)29-22(27)19-15(3)18-20(30-19)23-13-24(21(18)26)12-17(25)28-11-10-16-8-6-5-7-9-16/h5-9,13-14H,4,10-12H2,1-3H3. The van der Waals surface area contributed by atoms with Gasteiger partial charge in [0.1, 0.15) is 16.3 Å². The quantitative estimate of drug-likeness (QED) is 0.510. The molecule has 30 heavy (non-hydrogen) atoms. The Morgan fingerprint density at radius 3 is 2.67 bits per heavy atom. The maximum atomic E-state index is 12.9. The number of fused-ring (bicyclic) bond motifs is 1. The molecule has 0 saturated carbocycles. The maximum Gasteiger partial charge on any atom is 0.348 e. The van der Waals surface area contributed by atoms with E-state index in [1.807, 2.05) is 44.2 Å². The summed E-state index contributed by atoms with van der Waals surface area (Å²) in [6, 6.07) is 9.69. The topological polar surface area (TPSA) is 87.5 Å². The van der Waals surface area contributed by atoms with Crippen molar-refractivity contribution in [3.8, 4) is 0 Å². The molecule has 1 unspecified atom stereocenters. The minimum absolute atomic E-state index is 0.211. The molecular formula is C22H24N2O5S. The molecule has 3 aromatic rings. The minimum atomic E-state index is -0.515. The summed E-state index contributed by atoms with van der Waals surface area (Å²) in [7, 11) is 0. The van der Waals surface area contributed by atoms with Crippen LogP contribution in [0.4, 0.5) is 0 Å². The van der Waals surface area contributed by atoms with E-state index in [4.69, 9.17) is 9.47 Å². The Bertz CT molecular complexity index is 1100. The third-order valence-electron chi connectivity index (χ3n) is 4.78. The van der Waals surface area contributed by atoms with Crippen molar-refractivity contribution in [2.45, 2.75) is 46.3 Å². The Kier molecular flexibility index (Phi) is 6.99. The minimum Gasteiger partial charge on any atom is -0.464 e. The van der Waals surface area contributed by atoms with Crippen LogP contribution in [0.3, 0.4) is 0 Å². The molecule has 2 aromatic heterocycles. The zero-order valence-corrected chi connectivity index (χ0v) is 18.0. The lowest BCUT2D eigenvalue weighted by Crippen LogP contribution is -2.26. The van der Waals surface area contributed by atoms with Gasteiger partial charge >= 0.3 is 11.9 Å². The Hall–Kier alpha value is -3.00. The van der Waals surface area contributed by atoms with Crippen molar-refractivity contribution in [2.24, 2.45) is 0 Å². The largest absolute Gasteiger partial charge is 0.464 e. The fourth-order valence-electron chi connectivity index (χ4n) is 2.90. The van der Waals surface area contributed by atoms with E-state index >= 15 is 0 Å². The summed E-state index contributed by atoms with van der Waals surface area (Å²) in [6.45, 7) is 5.43. The number of rotatable bonds is 8. The second kappa shape index (κ2) is 9.67. The highest BCUT2D eigenvalue weighted by molar-refractivity contribution is 7.20. The molecule has 7 nitrogen and oxygen atoms in total. The van der Waals surface area contributed by atoms with Gasteiger partial charge in [0, 0.05) is 6.42 Å². The van der Waals surface area contributed by atoms with Crippen LogP contribution in [0.2, 0.25) is 0 Å². The highest BCUT2D eigenvalue weighted by atomic mass is 32.1. The second-order valence-corrected chi connectivity index (χ2v) is 7.99. The van der Waals surface area contributed by atoms with Gasteiger partial charge in [-0.3, -0.25) is 14.2 Å². The van der Waals surface area contributed by atoms with Crippen molar-refractivity contribution in [3.05, 3.63) is 63.0 Å². The fraction of sp³-hybridized carbons (Fsp3) is 0.364. The molecule has 0 amide bonds. The predicted molar refractivity (Wildman–Crippen MR) is 115 cm³/mol. The third kappa shape index (κ3) is 4.94. The van der Waals surface area contributed by atoms with Crippen LogP contribution in [-0.4, -0.2) is 34.2 Å². The lowest BCUT2D eigenvalue weighted by atomic mass is 10.2. The maximum absolute atomic E-state index is 12.9. The van der Waals surface area contributed by atoms with E-state index in [1.165, 1.54) is 10.9 Å². The smallest absolute Gasteiger partial charge is 0.348 e. The van der Waals surface area contributed by atoms with Gasteiger partial charge in [-0.2, -0.15) is 0 Å². The van der Waals surface area contributed by atoms with E-state index in [2.05, 4.69) is 4.98 Å². The zero-order chi connectivity index (χ0) is 21.7. The fourth-order valence-corrected chi connectivity index (χ4v) is 3.92. The average molecular weight is 429 g/mol. The molecule has 0 aliphatic rings. The summed E-state index contributed by atoms with van der Waals surface area (Å²) in [5.74, 6) is -0.977. The lowest BCUT2D eigenvalue weighted by molar-refractivity contribution is -0.144. The Morgan fingerprint density at radius 1 is 1.23 bits per heavy atom. The van der Waals surface area contributed by atoms with Gasteiger partial charge in [-0.15, -0.1) is 11.3 Å². The van der Waals surface area contributed by atoms with Gasteiger partial charge in [-0.1, -0.05) is 37.3 Å². The van der Waals surface area contributed by atoms with Gasteiger partial charge in [0.2, 0.25) is 0 Å².